The molecule has 0 aromatic rings. The van der Waals surface area contributed by atoms with E-state index >= 15 is 0 Å². The molecule has 1 unspecified atom stereocenters. The molecule has 1 aliphatic rings. The number of hydrogen-bond acceptors (Lipinski definition) is 1. The normalized spacial score (nSPS) is 28.6. The predicted octanol–water partition coefficient (Wildman–Crippen LogP) is 1.99. The summed E-state index contributed by atoms with van der Waals surface area (Å²) in [6.45, 7) is 7.82. The molecule has 1 rings (SSSR count). The van der Waals surface area contributed by atoms with Crippen molar-refractivity contribution in [3.63, 3.8) is 0 Å². The molecule has 0 saturated carbocycles. The molecule has 0 bridgehead atoms. The average molecular weight is 126 g/mol. The Morgan fingerprint density at radius 2 is 2.56 bits per heavy atom. The van der Waals surface area contributed by atoms with Crippen molar-refractivity contribution in [2.24, 2.45) is 5.92 Å². The van der Waals surface area contributed by atoms with Gasteiger partial charge in [-0.25, -0.2) is 0 Å². The Hall–Kier alpha value is -0.300. The minimum absolute atomic E-state index is 0.742. The minimum atomic E-state index is 0.742. The van der Waals surface area contributed by atoms with Gasteiger partial charge in [-0.3, -0.25) is 0 Å². The van der Waals surface area contributed by atoms with Crippen LogP contribution in [0.5, 0.6) is 0 Å². The summed E-state index contributed by atoms with van der Waals surface area (Å²) in [4.78, 5) is 0. The topological polar surface area (TPSA) is 9.23 Å². The van der Waals surface area contributed by atoms with E-state index in [2.05, 4.69) is 13.5 Å². The molecule has 1 nitrogen and oxygen atoms in total. The van der Waals surface area contributed by atoms with Gasteiger partial charge >= 0.3 is 0 Å². The molecule has 1 saturated heterocycles. The molecule has 9 heavy (non-hydrogen) atoms. The van der Waals surface area contributed by atoms with E-state index in [-0.39, 0.29) is 0 Å². The van der Waals surface area contributed by atoms with E-state index in [1.807, 2.05) is 0 Å². The van der Waals surface area contributed by atoms with Gasteiger partial charge in [0.1, 0.15) is 0 Å². The van der Waals surface area contributed by atoms with Gasteiger partial charge in [0, 0.05) is 0 Å². The third-order valence-corrected chi connectivity index (χ3v) is 1.81. The first-order chi connectivity index (χ1) is 4.33. The molecule has 1 aliphatic heterocycles. The van der Waals surface area contributed by atoms with E-state index < -0.39 is 0 Å². The maximum absolute atomic E-state index is 5.29. The predicted molar refractivity (Wildman–Crippen MR) is 38.4 cm³/mol. The van der Waals surface area contributed by atoms with E-state index in [9.17, 15) is 0 Å². The molecule has 1 heterocycles. The molecule has 0 spiro atoms. The lowest BCUT2D eigenvalue weighted by molar-refractivity contribution is 0.0866. The summed E-state index contributed by atoms with van der Waals surface area (Å²) in [7, 11) is 0. The van der Waals surface area contributed by atoms with E-state index in [1.165, 1.54) is 18.4 Å². The first kappa shape index (κ1) is 6.81. The van der Waals surface area contributed by atoms with Crippen LogP contribution >= 0.6 is 0 Å². The van der Waals surface area contributed by atoms with E-state index in [1.54, 1.807) is 0 Å². The lowest BCUT2D eigenvalue weighted by atomic mass is 9.97. The van der Waals surface area contributed by atoms with Gasteiger partial charge in [-0.15, -0.1) is 0 Å². The van der Waals surface area contributed by atoms with Crippen molar-refractivity contribution >= 4 is 0 Å². The van der Waals surface area contributed by atoms with Crippen LogP contribution in [-0.2, 0) is 4.74 Å². The smallest absolute Gasteiger partial charge is 0.0674 e. The minimum Gasteiger partial charge on any atom is -0.377 e. The van der Waals surface area contributed by atoms with Crippen molar-refractivity contribution in [1.29, 1.82) is 0 Å². The molecule has 0 aromatic carbocycles. The highest BCUT2D eigenvalue weighted by atomic mass is 16.5. The van der Waals surface area contributed by atoms with Gasteiger partial charge in [0.25, 0.3) is 0 Å². The van der Waals surface area contributed by atoms with Gasteiger partial charge in [0.2, 0.25) is 0 Å². The van der Waals surface area contributed by atoms with Crippen molar-refractivity contribution in [1.82, 2.24) is 0 Å². The van der Waals surface area contributed by atoms with Crippen LogP contribution in [0.1, 0.15) is 19.8 Å². The molecular formula is C8H14O. The maximum Gasteiger partial charge on any atom is 0.0674 e. The summed E-state index contributed by atoms with van der Waals surface area (Å²) in [5.74, 6) is 0.742. The molecule has 0 aliphatic carbocycles. The lowest BCUT2D eigenvalue weighted by Crippen LogP contribution is -2.17. The van der Waals surface area contributed by atoms with Crippen LogP contribution in [0.3, 0.4) is 0 Å². The summed E-state index contributed by atoms with van der Waals surface area (Å²) in [5.41, 5.74) is 1.26. The molecule has 1 atom stereocenters. The van der Waals surface area contributed by atoms with Crippen LogP contribution in [0.15, 0.2) is 12.2 Å². The first-order valence-corrected chi connectivity index (χ1v) is 3.57. The highest BCUT2D eigenvalue weighted by Gasteiger charge is 2.13. The summed E-state index contributed by atoms with van der Waals surface area (Å²) in [5, 5.41) is 0. The van der Waals surface area contributed by atoms with Gasteiger partial charge in [0.15, 0.2) is 0 Å². The van der Waals surface area contributed by atoms with Gasteiger partial charge in [-0.05, 0) is 12.3 Å². The third-order valence-electron chi connectivity index (χ3n) is 1.81. The zero-order valence-electron chi connectivity index (χ0n) is 6.02. The van der Waals surface area contributed by atoms with Crippen LogP contribution in [-0.4, -0.2) is 13.2 Å². The monoisotopic (exact) mass is 126 g/mol. The van der Waals surface area contributed by atoms with Gasteiger partial charge < -0.3 is 4.74 Å². The third kappa shape index (κ3) is 1.83. The lowest BCUT2D eigenvalue weighted by Gasteiger charge is -2.22. The number of ether oxygens (including phenoxy) is 1. The maximum atomic E-state index is 5.29. The molecule has 52 valence electrons. The van der Waals surface area contributed by atoms with Crippen molar-refractivity contribution in [2.45, 2.75) is 19.8 Å². The van der Waals surface area contributed by atoms with Crippen LogP contribution in [0.4, 0.5) is 0 Å². The van der Waals surface area contributed by atoms with Crippen LogP contribution in [0.2, 0.25) is 0 Å². The first-order valence-electron chi connectivity index (χ1n) is 3.57. The van der Waals surface area contributed by atoms with Gasteiger partial charge in [-0.2, -0.15) is 0 Å². The Morgan fingerprint density at radius 1 is 1.78 bits per heavy atom. The zero-order chi connectivity index (χ0) is 6.69. The van der Waals surface area contributed by atoms with Crippen LogP contribution in [0, 0.1) is 5.92 Å². The second kappa shape index (κ2) is 3.02. The number of rotatable bonds is 1. The summed E-state index contributed by atoms with van der Waals surface area (Å²) in [6.07, 6.45) is 2.40. The van der Waals surface area contributed by atoms with Gasteiger partial charge in [-0.1, -0.05) is 25.5 Å². The van der Waals surface area contributed by atoms with Crippen molar-refractivity contribution in [3.8, 4) is 0 Å². The van der Waals surface area contributed by atoms with Crippen LogP contribution in [0.25, 0.3) is 0 Å². The van der Waals surface area contributed by atoms with E-state index in [0.29, 0.717) is 0 Å². The molecular weight excluding hydrogens is 112 g/mol. The number of hydrogen-bond donors (Lipinski definition) is 0. The van der Waals surface area contributed by atoms with E-state index in [0.717, 1.165) is 19.1 Å². The fraction of sp³-hybridized carbons (Fsp3) is 0.750. The quantitative estimate of drug-likeness (QED) is 0.488. The van der Waals surface area contributed by atoms with Crippen molar-refractivity contribution in [2.75, 3.05) is 13.2 Å². The highest BCUT2D eigenvalue weighted by Crippen LogP contribution is 2.19. The molecule has 1 heteroatoms. The Balaban J connectivity index is 2.32. The molecule has 0 amide bonds. The SMILES string of the molecule is C=C1COCC(CC)C1. The molecule has 0 N–H and O–H groups in total. The van der Waals surface area contributed by atoms with E-state index in [4.69, 9.17) is 4.74 Å². The average Bonchev–Trinajstić information content (AvgIpc) is 1.88. The second-order valence-corrected chi connectivity index (χ2v) is 2.74. The standard InChI is InChI=1S/C8H14O/c1-3-8-4-7(2)5-9-6-8/h8H,2-6H2,1H3. The summed E-state index contributed by atoms with van der Waals surface area (Å²) >= 11 is 0. The second-order valence-electron chi connectivity index (χ2n) is 2.74. The molecule has 0 radical (unpaired) electrons. The summed E-state index contributed by atoms with van der Waals surface area (Å²) < 4.78 is 5.29. The fourth-order valence-electron chi connectivity index (χ4n) is 1.16. The van der Waals surface area contributed by atoms with Crippen molar-refractivity contribution < 1.29 is 4.74 Å². The largest absolute Gasteiger partial charge is 0.377 e. The molecule has 1 fully saturated rings. The van der Waals surface area contributed by atoms with Gasteiger partial charge in [0.05, 0.1) is 13.2 Å². The van der Waals surface area contributed by atoms with Crippen molar-refractivity contribution in [3.05, 3.63) is 12.2 Å². The zero-order valence-corrected chi connectivity index (χ0v) is 6.02. The fourth-order valence-corrected chi connectivity index (χ4v) is 1.16. The molecule has 0 aromatic heterocycles. The Morgan fingerprint density at radius 3 is 3.00 bits per heavy atom. The highest BCUT2D eigenvalue weighted by molar-refractivity contribution is 4.98. The Bertz CT molecular complexity index is 107. The Labute approximate surface area is 56.7 Å². The summed E-state index contributed by atoms with van der Waals surface area (Å²) in [6, 6.07) is 0. The Kier molecular flexibility index (Phi) is 2.29. The van der Waals surface area contributed by atoms with Crippen LogP contribution < -0.4 is 0 Å².